The van der Waals surface area contributed by atoms with E-state index >= 15 is 0 Å². The maximum atomic E-state index is 5.40. The number of hydrogen-bond donors (Lipinski definition) is 1. The second-order valence-electron chi connectivity index (χ2n) is 3.62. The molecule has 0 bridgehead atoms. The first-order chi connectivity index (χ1) is 7.67. The molecule has 0 spiro atoms. The Bertz CT molecular complexity index is 362. The summed E-state index contributed by atoms with van der Waals surface area (Å²) in [6, 6.07) is 6.47. The van der Waals surface area contributed by atoms with Crippen LogP contribution in [0.2, 0.25) is 0 Å². The normalized spacial score (nSPS) is 12.1. The molecule has 1 unspecified atom stereocenters. The van der Waals surface area contributed by atoms with Crippen LogP contribution >= 0.6 is 31.9 Å². The van der Waals surface area contributed by atoms with Crippen molar-refractivity contribution in [1.82, 2.24) is 5.32 Å². The molecule has 1 aromatic rings. The molecule has 0 heterocycles. The highest BCUT2D eigenvalue weighted by Crippen LogP contribution is 2.25. The Morgan fingerprint density at radius 3 is 2.44 bits per heavy atom. The maximum absolute atomic E-state index is 5.40. The maximum Gasteiger partial charge on any atom is 0.0431 e. The molecule has 1 aromatic carbocycles. The molecule has 0 radical (unpaired) electrons. The van der Waals surface area contributed by atoms with Crippen molar-refractivity contribution in [2.75, 3.05) is 6.54 Å². The van der Waals surface area contributed by atoms with Gasteiger partial charge in [0.2, 0.25) is 0 Å². The standard InChI is InChI=1S/C13H15Br2N/c1-3-5-13(16-6-4-2)10-7-11(14)9-12(15)8-10/h1,7-9,13,16H,4-6H2,2H3. The Hall–Kier alpha value is -0.300. The van der Waals surface area contributed by atoms with Gasteiger partial charge < -0.3 is 5.32 Å². The number of halogens is 2. The first kappa shape index (κ1) is 13.8. The minimum atomic E-state index is 0.235. The molecule has 1 nitrogen and oxygen atoms in total. The van der Waals surface area contributed by atoms with Crippen molar-refractivity contribution in [2.45, 2.75) is 25.8 Å². The second kappa shape index (κ2) is 7.11. The molecule has 3 heteroatoms. The third-order valence-corrected chi connectivity index (χ3v) is 3.17. The van der Waals surface area contributed by atoms with Gasteiger partial charge in [0.25, 0.3) is 0 Å². The van der Waals surface area contributed by atoms with Crippen molar-refractivity contribution < 1.29 is 0 Å². The number of rotatable bonds is 5. The Morgan fingerprint density at radius 2 is 1.94 bits per heavy atom. The lowest BCUT2D eigenvalue weighted by Gasteiger charge is -2.17. The van der Waals surface area contributed by atoms with Crippen LogP contribution in [-0.2, 0) is 0 Å². The molecule has 0 aliphatic carbocycles. The van der Waals surface area contributed by atoms with Gasteiger partial charge in [-0.3, -0.25) is 0 Å². The van der Waals surface area contributed by atoms with E-state index in [0.717, 1.165) is 21.9 Å². The first-order valence-electron chi connectivity index (χ1n) is 5.30. The van der Waals surface area contributed by atoms with Gasteiger partial charge in [0, 0.05) is 21.4 Å². The van der Waals surface area contributed by atoms with E-state index in [0.29, 0.717) is 6.42 Å². The Kier molecular flexibility index (Phi) is 6.12. The van der Waals surface area contributed by atoms with Gasteiger partial charge >= 0.3 is 0 Å². The van der Waals surface area contributed by atoms with Gasteiger partial charge in [-0.25, -0.2) is 0 Å². The van der Waals surface area contributed by atoms with Gasteiger partial charge in [-0.1, -0.05) is 38.8 Å². The third kappa shape index (κ3) is 4.29. The SMILES string of the molecule is C#CCC(NCCC)c1cc(Br)cc(Br)c1. The zero-order valence-electron chi connectivity index (χ0n) is 9.26. The van der Waals surface area contributed by atoms with E-state index in [9.17, 15) is 0 Å². The van der Waals surface area contributed by atoms with E-state index in [1.54, 1.807) is 0 Å². The summed E-state index contributed by atoms with van der Waals surface area (Å²) in [7, 11) is 0. The average Bonchev–Trinajstić information content (AvgIpc) is 2.22. The van der Waals surface area contributed by atoms with Crippen LogP contribution in [0.1, 0.15) is 31.4 Å². The molecule has 0 aromatic heterocycles. The van der Waals surface area contributed by atoms with Crippen LogP contribution in [0.4, 0.5) is 0 Å². The van der Waals surface area contributed by atoms with E-state index in [-0.39, 0.29) is 6.04 Å². The van der Waals surface area contributed by atoms with Crippen LogP contribution in [0.15, 0.2) is 27.1 Å². The third-order valence-electron chi connectivity index (χ3n) is 2.25. The Morgan fingerprint density at radius 1 is 1.31 bits per heavy atom. The van der Waals surface area contributed by atoms with Crippen molar-refractivity contribution >= 4 is 31.9 Å². The lowest BCUT2D eigenvalue weighted by Crippen LogP contribution is -2.21. The van der Waals surface area contributed by atoms with Crippen molar-refractivity contribution in [3.63, 3.8) is 0 Å². The van der Waals surface area contributed by atoms with Gasteiger partial charge in [0.05, 0.1) is 0 Å². The number of nitrogens with one attached hydrogen (secondary N) is 1. The van der Waals surface area contributed by atoms with Crippen LogP contribution in [-0.4, -0.2) is 6.54 Å². The second-order valence-corrected chi connectivity index (χ2v) is 5.45. The van der Waals surface area contributed by atoms with Gasteiger partial charge in [-0.2, -0.15) is 0 Å². The van der Waals surface area contributed by atoms with Crippen molar-refractivity contribution in [1.29, 1.82) is 0 Å². The van der Waals surface area contributed by atoms with E-state index in [1.165, 1.54) is 5.56 Å². The first-order valence-corrected chi connectivity index (χ1v) is 6.88. The van der Waals surface area contributed by atoms with Gasteiger partial charge in [-0.05, 0) is 36.7 Å². The molecule has 0 saturated heterocycles. The number of hydrogen-bond acceptors (Lipinski definition) is 1. The topological polar surface area (TPSA) is 12.0 Å². The van der Waals surface area contributed by atoms with E-state index < -0.39 is 0 Å². The molecule has 86 valence electrons. The minimum Gasteiger partial charge on any atom is -0.309 e. The molecule has 16 heavy (non-hydrogen) atoms. The number of terminal acetylenes is 1. The number of benzene rings is 1. The zero-order chi connectivity index (χ0) is 12.0. The fourth-order valence-electron chi connectivity index (χ4n) is 1.52. The lowest BCUT2D eigenvalue weighted by atomic mass is 10.0. The van der Waals surface area contributed by atoms with Crippen LogP contribution in [0.3, 0.4) is 0 Å². The molecular formula is C13H15Br2N. The molecule has 1 rings (SSSR count). The summed E-state index contributed by atoms with van der Waals surface area (Å²) in [5, 5.41) is 3.46. The van der Waals surface area contributed by atoms with Gasteiger partial charge in [0.15, 0.2) is 0 Å². The summed E-state index contributed by atoms with van der Waals surface area (Å²) in [5.41, 5.74) is 1.22. The Balaban J connectivity index is 2.87. The van der Waals surface area contributed by atoms with Crippen molar-refractivity contribution in [3.8, 4) is 12.3 Å². The van der Waals surface area contributed by atoms with Crippen LogP contribution in [0.25, 0.3) is 0 Å². The average molecular weight is 345 g/mol. The summed E-state index contributed by atoms with van der Waals surface area (Å²) in [4.78, 5) is 0. The molecule has 0 amide bonds. The molecule has 1 N–H and O–H groups in total. The van der Waals surface area contributed by atoms with E-state index in [1.807, 2.05) is 6.07 Å². The predicted molar refractivity (Wildman–Crippen MR) is 76.3 cm³/mol. The highest BCUT2D eigenvalue weighted by Gasteiger charge is 2.10. The predicted octanol–water partition coefficient (Wildman–Crippen LogP) is 4.28. The lowest BCUT2D eigenvalue weighted by molar-refractivity contribution is 0.542. The summed E-state index contributed by atoms with van der Waals surface area (Å²) in [5.74, 6) is 2.72. The smallest absolute Gasteiger partial charge is 0.0431 e. The van der Waals surface area contributed by atoms with E-state index in [4.69, 9.17) is 6.42 Å². The largest absolute Gasteiger partial charge is 0.309 e. The molecule has 0 fully saturated rings. The Labute approximate surface area is 114 Å². The quantitative estimate of drug-likeness (QED) is 0.786. The summed E-state index contributed by atoms with van der Waals surface area (Å²) in [6.07, 6.45) is 7.22. The summed E-state index contributed by atoms with van der Waals surface area (Å²) in [6.45, 7) is 3.13. The van der Waals surface area contributed by atoms with Gasteiger partial charge in [-0.15, -0.1) is 12.3 Å². The summed E-state index contributed by atoms with van der Waals surface area (Å²) < 4.78 is 2.13. The van der Waals surface area contributed by atoms with E-state index in [2.05, 4.69) is 62.2 Å². The van der Waals surface area contributed by atoms with Crippen molar-refractivity contribution in [3.05, 3.63) is 32.7 Å². The van der Waals surface area contributed by atoms with Crippen LogP contribution in [0.5, 0.6) is 0 Å². The van der Waals surface area contributed by atoms with Gasteiger partial charge in [0.1, 0.15) is 0 Å². The summed E-state index contributed by atoms with van der Waals surface area (Å²) >= 11 is 6.98. The molecule has 0 aliphatic heterocycles. The monoisotopic (exact) mass is 343 g/mol. The van der Waals surface area contributed by atoms with Crippen LogP contribution < -0.4 is 5.32 Å². The van der Waals surface area contributed by atoms with Crippen molar-refractivity contribution in [2.24, 2.45) is 0 Å². The minimum absolute atomic E-state index is 0.235. The molecule has 1 atom stereocenters. The zero-order valence-corrected chi connectivity index (χ0v) is 12.4. The highest BCUT2D eigenvalue weighted by molar-refractivity contribution is 9.11. The highest BCUT2D eigenvalue weighted by atomic mass is 79.9. The molecule has 0 saturated carbocycles. The molecule has 0 aliphatic rings. The molecular weight excluding hydrogens is 330 g/mol. The van der Waals surface area contributed by atoms with Crippen LogP contribution in [0, 0.1) is 12.3 Å². The fourth-order valence-corrected chi connectivity index (χ4v) is 2.85. The fraction of sp³-hybridized carbons (Fsp3) is 0.385.